The van der Waals surface area contributed by atoms with Crippen molar-refractivity contribution in [1.82, 2.24) is 5.32 Å². The lowest BCUT2D eigenvalue weighted by molar-refractivity contribution is -0.109. The zero-order valence-electron chi connectivity index (χ0n) is 12.0. The minimum absolute atomic E-state index is 0.161. The molecule has 1 N–H and O–H groups in total. The quantitative estimate of drug-likeness (QED) is 0.318. The highest BCUT2D eigenvalue weighted by Crippen LogP contribution is 2.19. The molecule has 3 nitrogen and oxygen atoms in total. The third-order valence-electron chi connectivity index (χ3n) is 3.25. The van der Waals surface area contributed by atoms with Crippen LogP contribution in [0.5, 0.6) is 0 Å². The first-order chi connectivity index (χ1) is 8.62. The van der Waals surface area contributed by atoms with Crippen molar-refractivity contribution in [2.45, 2.75) is 77.2 Å². The lowest BCUT2D eigenvalue weighted by atomic mass is 9.97. The minimum atomic E-state index is -0.161. The van der Waals surface area contributed by atoms with Crippen LogP contribution in [0, 0.1) is 6.57 Å². The molecule has 0 unspecified atom stereocenters. The van der Waals surface area contributed by atoms with Crippen LogP contribution in [0.3, 0.4) is 0 Å². The molecule has 0 aliphatic heterocycles. The second kappa shape index (κ2) is 11.1. The van der Waals surface area contributed by atoms with Crippen molar-refractivity contribution >= 4 is 6.41 Å². The van der Waals surface area contributed by atoms with Gasteiger partial charge in [-0.1, -0.05) is 38.5 Å². The summed E-state index contributed by atoms with van der Waals surface area (Å²) in [5, 5.41) is 2.68. The van der Waals surface area contributed by atoms with Gasteiger partial charge in [0.1, 0.15) is 0 Å². The van der Waals surface area contributed by atoms with E-state index in [0.717, 1.165) is 25.8 Å². The van der Waals surface area contributed by atoms with Gasteiger partial charge in [-0.05, 0) is 12.8 Å². The van der Waals surface area contributed by atoms with Crippen molar-refractivity contribution in [2.75, 3.05) is 6.54 Å². The van der Waals surface area contributed by atoms with Crippen LogP contribution in [0.15, 0.2) is 0 Å². The van der Waals surface area contributed by atoms with Gasteiger partial charge in [0.05, 0.1) is 0 Å². The topological polar surface area (TPSA) is 33.5 Å². The predicted octanol–water partition coefficient (Wildman–Crippen LogP) is 3.94. The summed E-state index contributed by atoms with van der Waals surface area (Å²) in [5.41, 5.74) is -0.161. The van der Waals surface area contributed by atoms with Gasteiger partial charge in [0, 0.05) is 26.8 Å². The molecule has 0 aliphatic rings. The Morgan fingerprint density at radius 3 is 2.00 bits per heavy atom. The summed E-state index contributed by atoms with van der Waals surface area (Å²) in [4.78, 5) is 13.6. The van der Waals surface area contributed by atoms with Gasteiger partial charge in [-0.3, -0.25) is 4.79 Å². The highest BCUT2D eigenvalue weighted by Gasteiger charge is 2.21. The molecule has 3 heteroatoms. The molecule has 0 fully saturated rings. The molecule has 0 aromatic rings. The maximum absolute atomic E-state index is 10.0. The average molecular weight is 252 g/mol. The SMILES string of the molecule is [C-]#[N+]C(C)(C)CCCCCCCCCCNC=O. The average Bonchev–Trinajstić information content (AvgIpc) is 2.36. The molecule has 0 saturated carbocycles. The van der Waals surface area contributed by atoms with Gasteiger partial charge in [0.15, 0.2) is 0 Å². The maximum atomic E-state index is 10.0. The van der Waals surface area contributed by atoms with E-state index in [4.69, 9.17) is 6.57 Å². The molecule has 104 valence electrons. The minimum Gasteiger partial charge on any atom is -0.359 e. The van der Waals surface area contributed by atoms with Crippen molar-refractivity contribution in [3.8, 4) is 0 Å². The summed E-state index contributed by atoms with van der Waals surface area (Å²) < 4.78 is 0. The largest absolute Gasteiger partial charge is 0.359 e. The molecule has 0 atom stereocenters. The van der Waals surface area contributed by atoms with Crippen molar-refractivity contribution in [3.63, 3.8) is 0 Å². The van der Waals surface area contributed by atoms with Gasteiger partial charge >= 0.3 is 0 Å². The van der Waals surface area contributed by atoms with Crippen molar-refractivity contribution in [3.05, 3.63) is 11.4 Å². The number of amides is 1. The lowest BCUT2D eigenvalue weighted by Gasteiger charge is -2.10. The summed E-state index contributed by atoms with van der Waals surface area (Å²) in [7, 11) is 0. The summed E-state index contributed by atoms with van der Waals surface area (Å²) in [6.45, 7) is 11.9. The Morgan fingerprint density at radius 1 is 1.00 bits per heavy atom. The van der Waals surface area contributed by atoms with E-state index >= 15 is 0 Å². The number of nitrogens with one attached hydrogen (secondary N) is 1. The van der Waals surface area contributed by atoms with E-state index in [9.17, 15) is 4.79 Å². The fourth-order valence-corrected chi connectivity index (χ4v) is 1.96. The van der Waals surface area contributed by atoms with Crippen molar-refractivity contribution < 1.29 is 4.79 Å². The first-order valence-electron chi connectivity index (χ1n) is 7.18. The summed E-state index contributed by atoms with van der Waals surface area (Å²) >= 11 is 0. The maximum Gasteiger partial charge on any atom is 0.227 e. The van der Waals surface area contributed by atoms with E-state index in [-0.39, 0.29) is 5.54 Å². The van der Waals surface area contributed by atoms with Crippen molar-refractivity contribution in [2.24, 2.45) is 0 Å². The van der Waals surface area contributed by atoms with E-state index in [0.29, 0.717) is 0 Å². The van der Waals surface area contributed by atoms with Gasteiger partial charge in [-0.25, -0.2) is 6.57 Å². The molecular formula is C15H28N2O. The summed E-state index contributed by atoms with van der Waals surface area (Å²) in [5.74, 6) is 0. The molecule has 0 rings (SSSR count). The second-order valence-electron chi connectivity index (χ2n) is 5.57. The number of hydrogen-bond donors (Lipinski definition) is 1. The molecule has 0 radical (unpaired) electrons. The van der Waals surface area contributed by atoms with E-state index in [2.05, 4.69) is 10.2 Å². The van der Waals surface area contributed by atoms with E-state index in [1.807, 2.05) is 13.8 Å². The number of rotatable bonds is 12. The highest BCUT2D eigenvalue weighted by molar-refractivity contribution is 5.45. The Hall–Kier alpha value is -1.04. The number of carbonyl (C=O) groups is 1. The molecule has 0 saturated heterocycles. The first kappa shape index (κ1) is 17.0. The van der Waals surface area contributed by atoms with E-state index in [1.54, 1.807) is 0 Å². The number of nitrogens with zero attached hydrogens (tertiary/aromatic N) is 1. The third-order valence-corrected chi connectivity index (χ3v) is 3.25. The van der Waals surface area contributed by atoms with E-state index in [1.165, 1.54) is 44.9 Å². The van der Waals surface area contributed by atoms with Crippen LogP contribution < -0.4 is 5.32 Å². The van der Waals surface area contributed by atoms with Crippen LogP contribution >= 0.6 is 0 Å². The fourth-order valence-electron chi connectivity index (χ4n) is 1.96. The number of unbranched alkanes of at least 4 members (excludes halogenated alkanes) is 7. The summed E-state index contributed by atoms with van der Waals surface area (Å²) in [6.07, 6.45) is 11.7. The molecule has 0 aromatic carbocycles. The smallest absolute Gasteiger partial charge is 0.227 e. The van der Waals surface area contributed by atoms with Crippen molar-refractivity contribution in [1.29, 1.82) is 0 Å². The van der Waals surface area contributed by atoms with Gasteiger partial charge in [0.25, 0.3) is 0 Å². The number of carbonyl (C=O) groups excluding carboxylic acids is 1. The molecule has 18 heavy (non-hydrogen) atoms. The zero-order chi connectivity index (χ0) is 13.7. The molecule has 0 aliphatic carbocycles. The Balaban J connectivity index is 3.13. The van der Waals surface area contributed by atoms with Gasteiger partial charge in [-0.15, -0.1) is 0 Å². The van der Waals surface area contributed by atoms with Crippen LogP contribution in [-0.4, -0.2) is 18.5 Å². The summed E-state index contributed by atoms with van der Waals surface area (Å²) in [6, 6.07) is 0. The van der Waals surface area contributed by atoms with Gasteiger partial charge in [0.2, 0.25) is 11.9 Å². The predicted molar refractivity (Wildman–Crippen MR) is 76.3 cm³/mol. The molecule has 1 amide bonds. The molecule has 0 heterocycles. The van der Waals surface area contributed by atoms with Crippen LogP contribution in [0.1, 0.15) is 71.6 Å². The highest BCUT2D eigenvalue weighted by atomic mass is 16.1. The standard InChI is InChI=1S/C15H28N2O/c1-15(2,16-3)12-10-8-6-4-5-7-9-11-13-17-14-18/h14H,4-13H2,1-2H3,(H,17,18). The molecule has 0 spiro atoms. The Kier molecular flexibility index (Phi) is 10.4. The molecule has 0 aromatic heterocycles. The Labute approximate surface area is 112 Å². The number of hydrogen-bond acceptors (Lipinski definition) is 1. The lowest BCUT2D eigenvalue weighted by Crippen LogP contribution is -2.12. The van der Waals surface area contributed by atoms with Crippen LogP contribution in [0.2, 0.25) is 0 Å². The monoisotopic (exact) mass is 252 g/mol. The van der Waals surface area contributed by atoms with Crippen LogP contribution in [-0.2, 0) is 4.79 Å². The van der Waals surface area contributed by atoms with Crippen LogP contribution in [0.25, 0.3) is 4.85 Å². The zero-order valence-corrected chi connectivity index (χ0v) is 12.0. The second-order valence-corrected chi connectivity index (χ2v) is 5.57. The normalized spacial score (nSPS) is 10.9. The van der Waals surface area contributed by atoms with E-state index < -0.39 is 0 Å². The third kappa shape index (κ3) is 11.4. The van der Waals surface area contributed by atoms with Gasteiger partial charge < -0.3 is 10.2 Å². The first-order valence-corrected chi connectivity index (χ1v) is 7.18. The molecular weight excluding hydrogens is 224 g/mol. The van der Waals surface area contributed by atoms with Crippen LogP contribution in [0.4, 0.5) is 0 Å². The Morgan fingerprint density at radius 2 is 1.50 bits per heavy atom. The Bertz CT molecular complexity index is 243. The molecule has 0 bridgehead atoms. The fraction of sp³-hybridized carbons (Fsp3) is 0.867. The van der Waals surface area contributed by atoms with Gasteiger partial charge in [-0.2, -0.15) is 0 Å².